The minimum Gasteiger partial charge on any atom is -0.406 e. The molecule has 3 amide bonds. The van der Waals surface area contributed by atoms with Crippen molar-refractivity contribution < 1.29 is 40.7 Å². The van der Waals surface area contributed by atoms with E-state index in [0.717, 1.165) is 26.1 Å². The third-order valence-electron chi connectivity index (χ3n) is 4.22. The Bertz CT molecular complexity index is 958. The van der Waals surface area contributed by atoms with Crippen LogP contribution in [-0.2, 0) is 29.9 Å². The minimum absolute atomic E-state index is 0.256. The van der Waals surface area contributed by atoms with Gasteiger partial charge in [-0.1, -0.05) is 0 Å². The number of benzene rings is 1. The molecule has 1 atom stereocenters. The number of carbonyl (C=O) groups excluding carboxylic acids is 3. The Labute approximate surface area is 145 Å². The van der Waals surface area contributed by atoms with Crippen LogP contribution in [0.1, 0.15) is 18.9 Å². The highest BCUT2D eigenvalue weighted by Gasteiger charge is 2.65. The zero-order valence-electron chi connectivity index (χ0n) is 13.3. The fourth-order valence-corrected chi connectivity index (χ4v) is 5.21. The van der Waals surface area contributed by atoms with Crippen LogP contribution in [0.5, 0.6) is 5.75 Å². The Balaban J connectivity index is 2.31. The van der Waals surface area contributed by atoms with E-state index < -0.39 is 62.3 Å². The Morgan fingerprint density at radius 1 is 1.27 bits per heavy atom. The van der Waals surface area contributed by atoms with Gasteiger partial charge in [0, 0.05) is 19.5 Å². The number of carbonyl (C=O) groups is 3. The van der Waals surface area contributed by atoms with Crippen LogP contribution >= 0.6 is 0 Å². The zero-order chi connectivity index (χ0) is 19.7. The van der Waals surface area contributed by atoms with E-state index in [0.29, 0.717) is 11.0 Å². The number of halogens is 3. The fourth-order valence-electron chi connectivity index (χ4n) is 3.28. The van der Waals surface area contributed by atoms with Gasteiger partial charge >= 0.3 is 6.36 Å². The molecule has 1 aromatic carbocycles. The lowest BCUT2D eigenvalue weighted by atomic mass is 9.87. The monoisotopic (exact) mass is 392 g/mol. The van der Waals surface area contributed by atoms with E-state index >= 15 is 0 Å². The number of imide groups is 1. The lowest BCUT2D eigenvalue weighted by molar-refractivity contribution is -0.274. The van der Waals surface area contributed by atoms with Crippen molar-refractivity contribution in [3.63, 3.8) is 0 Å². The lowest BCUT2D eigenvalue weighted by Gasteiger charge is -2.30. The van der Waals surface area contributed by atoms with Crippen LogP contribution in [0.2, 0.25) is 0 Å². The second-order valence-corrected chi connectivity index (χ2v) is 7.54. The standard InChI is InChI=1S/C14H11F3N2O6S/c1-7(20)19-13(6-11(21)18(2)12(13)22)9-5-8(25-14(15,16)17)3-4-10(9)26(19,23)24/h3-5H,6H2,1-2H3. The Morgan fingerprint density at radius 2 is 1.88 bits per heavy atom. The second-order valence-electron chi connectivity index (χ2n) is 5.79. The zero-order valence-corrected chi connectivity index (χ0v) is 14.1. The molecule has 0 N–H and O–H groups in total. The van der Waals surface area contributed by atoms with Crippen LogP contribution < -0.4 is 4.74 Å². The van der Waals surface area contributed by atoms with E-state index in [2.05, 4.69) is 4.74 Å². The molecule has 1 aromatic rings. The molecule has 2 aliphatic heterocycles. The Hall–Kier alpha value is -2.63. The highest BCUT2D eigenvalue weighted by molar-refractivity contribution is 7.90. The SMILES string of the molecule is CC(=O)N1C2(CC(=O)N(C)C2=O)c2cc(OC(F)(F)F)ccc2S1(=O)=O. The molecule has 3 rings (SSSR count). The number of alkyl halides is 3. The first-order valence-electron chi connectivity index (χ1n) is 7.09. The molecule has 1 saturated heterocycles. The number of likely N-dealkylation sites (tertiary alicyclic amines) is 1. The molecule has 0 aliphatic carbocycles. The van der Waals surface area contributed by atoms with Gasteiger partial charge in [-0.2, -0.15) is 0 Å². The van der Waals surface area contributed by atoms with Gasteiger partial charge in [0.25, 0.3) is 15.9 Å². The Morgan fingerprint density at radius 3 is 2.35 bits per heavy atom. The number of likely N-dealkylation sites (N-methyl/N-ethyl adjacent to an activating group) is 1. The van der Waals surface area contributed by atoms with Crippen LogP contribution in [0.15, 0.2) is 23.1 Å². The van der Waals surface area contributed by atoms with E-state index in [4.69, 9.17) is 0 Å². The quantitative estimate of drug-likeness (QED) is 0.653. The number of hydrogen-bond donors (Lipinski definition) is 0. The molecule has 0 bridgehead atoms. The lowest BCUT2D eigenvalue weighted by Crippen LogP contribution is -2.51. The van der Waals surface area contributed by atoms with E-state index in [1.807, 2.05) is 0 Å². The number of rotatable bonds is 1. The predicted molar refractivity (Wildman–Crippen MR) is 76.9 cm³/mol. The topological polar surface area (TPSA) is 101 Å². The van der Waals surface area contributed by atoms with Gasteiger partial charge in [0.15, 0.2) is 5.54 Å². The summed E-state index contributed by atoms with van der Waals surface area (Å²) >= 11 is 0. The molecular weight excluding hydrogens is 381 g/mol. The normalized spacial score (nSPS) is 24.3. The van der Waals surface area contributed by atoms with Gasteiger partial charge in [0.2, 0.25) is 11.8 Å². The van der Waals surface area contributed by atoms with Crippen molar-refractivity contribution in [2.24, 2.45) is 0 Å². The van der Waals surface area contributed by atoms with Crippen LogP contribution in [0.3, 0.4) is 0 Å². The molecule has 0 aromatic heterocycles. The van der Waals surface area contributed by atoms with Gasteiger partial charge in [0.05, 0.1) is 11.3 Å². The van der Waals surface area contributed by atoms with E-state index in [1.165, 1.54) is 0 Å². The van der Waals surface area contributed by atoms with Gasteiger partial charge in [-0.25, -0.2) is 12.7 Å². The molecule has 8 nitrogen and oxygen atoms in total. The first-order chi connectivity index (χ1) is 11.8. The summed E-state index contributed by atoms with van der Waals surface area (Å²) in [6, 6.07) is 2.28. The van der Waals surface area contributed by atoms with Crippen molar-refractivity contribution in [3.05, 3.63) is 23.8 Å². The van der Waals surface area contributed by atoms with Crippen molar-refractivity contribution in [1.82, 2.24) is 9.21 Å². The third kappa shape index (κ3) is 2.28. The number of nitrogens with zero attached hydrogens (tertiary/aromatic N) is 2. The molecule has 1 spiro atoms. The van der Waals surface area contributed by atoms with Crippen molar-refractivity contribution in [2.75, 3.05) is 7.05 Å². The molecule has 0 saturated carbocycles. The predicted octanol–water partition coefficient (Wildman–Crippen LogP) is 0.720. The Kier molecular flexibility index (Phi) is 3.63. The van der Waals surface area contributed by atoms with Crippen molar-refractivity contribution >= 4 is 27.7 Å². The summed E-state index contributed by atoms with van der Waals surface area (Å²) in [4.78, 5) is 36.8. The molecule has 0 radical (unpaired) electrons. The van der Waals surface area contributed by atoms with Crippen LogP contribution in [0, 0.1) is 0 Å². The number of amides is 3. The largest absolute Gasteiger partial charge is 0.573 e. The summed E-state index contributed by atoms with van der Waals surface area (Å²) in [5, 5.41) is 0. The molecule has 26 heavy (non-hydrogen) atoms. The van der Waals surface area contributed by atoms with Crippen molar-refractivity contribution in [1.29, 1.82) is 0 Å². The van der Waals surface area contributed by atoms with Gasteiger partial charge in [-0.3, -0.25) is 19.3 Å². The molecule has 12 heteroatoms. The number of fused-ring (bicyclic) bond motifs is 2. The van der Waals surface area contributed by atoms with E-state index in [1.54, 1.807) is 0 Å². The molecule has 1 unspecified atom stereocenters. The van der Waals surface area contributed by atoms with E-state index in [-0.39, 0.29) is 4.31 Å². The van der Waals surface area contributed by atoms with Crippen LogP contribution in [-0.4, -0.2) is 48.8 Å². The summed E-state index contributed by atoms with van der Waals surface area (Å²) in [6.07, 6.45) is -5.75. The maximum Gasteiger partial charge on any atom is 0.573 e. The summed E-state index contributed by atoms with van der Waals surface area (Å²) < 4.78 is 66.9. The molecule has 2 aliphatic rings. The van der Waals surface area contributed by atoms with Crippen molar-refractivity contribution in [3.8, 4) is 5.75 Å². The summed E-state index contributed by atoms with van der Waals surface area (Å²) in [5.41, 5.74) is -2.66. The number of ether oxygens (including phenoxy) is 1. The minimum atomic E-state index is -5.05. The highest BCUT2D eigenvalue weighted by atomic mass is 32.2. The van der Waals surface area contributed by atoms with Gasteiger partial charge in [0.1, 0.15) is 5.75 Å². The third-order valence-corrected chi connectivity index (χ3v) is 6.18. The number of sulfonamides is 1. The second kappa shape index (κ2) is 5.19. The first-order valence-corrected chi connectivity index (χ1v) is 8.53. The van der Waals surface area contributed by atoms with Gasteiger partial charge in [-0.15, -0.1) is 13.2 Å². The smallest absolute Gasteiger partial charge is 0.406 e. The number of hydrogen-bond acceptors (Lipinski definition) is 6. The molecular formula is C14H11F3N2O6S. The molecule has 2 heterocycles. The maximum atomic E-state index is 12.7. The molecule has 1 fully saturated rings. The van der Waals surface area contributed by atoms with Crippen LogP contribution in [0.4, 0.5) is 13.2 Å². The van der Waals surface area contributed by atoms with Crippen LogP contribution in [0.25, 0.3) is 0 Å². The van der Waals surface area contributed by atoms with E-state index in [9.17, 15) is 36.0 Å². The maximum absolute atomic E-state index is 12.7. The van der Waals surface area contributed by atoms with Gasteiger partial charge < -0.3 is 4.74 Å². The summed E-state index contributed by atoms with van der Waals surface area (Å²) in [7, 11) is -3.43. The summed E-state index contributed by atoms with van der Waals surface area (Å²) in [5.74, 6) is -3.61. The first kappa shape index (κ1) is 18.2. The highest BCUT2D eigenvalue weighted by Crippen LogP contribution is 2.51. The van der Waals surface area contributed by atoms with Crippen molar-refractivity contribution in [2.45, 2.75) is 30.1 Å². The fraction of sp³-hybridized carbons (Fsp3) is 0.357. The van der Waals surface area contributed by atoms with Gasteiger partial charge in [-0.05, 0) is 18.2 Å². The summed E-state index contributed by atoms with van der Waals surface area (Å²) in [6.45, 7) is 0.883. The average molecular weight is 392 g/mol. The molecule has 140 valence electrons. The average Bonchev–Trinajstić information content (AvgIpc) is 2.81.